The topological polar surface area (TPSA) is 85.4 Å². The van der Waals surface area contributed by atoms with E-state index in [1.54, 1.807) is 18.2 Å². The predicted molar refractivity (Wildman–Crippen MR) is 197 cm³/mol. The Labute approximate surface area is 296 Å². The van der Waals surface area contributed by atoms with E-state index >= 15 is 0 Å². The fraction of sp³-hybridized carbons (Fsp3) is 0.625. The second-order valence-electron chi connectivity index (χ2n) is 13.6. The molecule has 49 heavy (non-hydrogen) atoms. The zero-order valence-electron chi connectivity index (χ0n) is 30.2. The van der Waals surface area contributed by atoms with Crippen molar-refractivity contribution in [1.29, 1.82) is 0 Å². The lowest BCUT2D eigenvalue weighted by Gasteiger charge is -2.55. The molecule has 2 aromatic carbocycles. The quantitative estimate of drug-likeness (QED) is 0.0564. The molecule has 2 fully saturated rings. The molecule has 2 aliphatic heterocycles. The van der Waals surface area contributed by atoms with Crippen molar-refractivity contribution < 1.29 is 26.9 Å². The Hall–Kier alpha value is -2.56. The monoisotopic (exact) mass is 696 g/mol. The highest BCUT2D eigenvalue weighted by molar-refractivity contribution is 7.86. The Morgan fingerprint density at radius 3 is 2.06 bits per heavy atom. The molecule has 2 aliphatic rings. The van der Waals surface area contributed by atoms with Gasteiger partial charge in [-0.3, -0.25) is 9.69 Å². The maximum absolute atomic E-state index is 14.3. The van der Waals surface area contributed by atoms with Gasteiger partial charge in [0.05, 0.1) is 36.9 Å². The molecule has 0 aliphatic carbocycles. The van der Waals surface area contributed by atoms with Gasteiger partial charge in [-0.05, 0) is 61.4 Å². The minimum atomic E-state index is -4.36. The molecule has 0 saturated carbocycles. The summed E-state index contributed by atoms with van der Waals surface area (Å²) < 4.78 is 46.4. The first-order chi connectivity index (χ1) is 23.9. The first-order valence-corrected chi connectivity index (χ1v) is 20.2. The largest absolute Gasteiger partial charge is 0.379 e. The number of carbonyl (C=O) groups is 1. The predicted octanol–water partition coefficient (Wildman–Crippen LogP) is 7.92. The van der Waals surface area contributed by atoms with Crippen molar-refractivity contribution in [3.63, 3.8) is 0 Å². The number of unbranched alkanes of at least 4 members (excludes halogenated alkanes) is 6. The van der Waals surface area contributed by atoms with Crippen LogP contribution in [0.2, 0.25) is 0 Å². The van der Waals surface area contributed by atoms with Crippen LogP contribution in [0.25, 0.3) is 0 Å². The summed E-state index contributed by atoms with van der Waals surface area (Å²) in [5, 5.41) is 0. The van der Waals surface area contributed by atoms with Crippen molar-refractivity contribution in [2.24, 2.45) is 5.92 Å². The molecule has 2 saturated heterocycles. The number of hydrogen-bond donors (Lipinski definition) is 0. The molecule has 2 heterocycles. The number of allylic oxidation sites excluding steroid dienone is 2. The minimum absolute atomic E-state index is 0.0320. The average Bonchev–Trinajstić information content (AvgIpc) is 3.15. The van der Waals surface area contributed by atoms with E-state index in [1.807, 2.05) is 24.3 Å². The fourth-order valence-corrected chi connectivity index (χ4v) is 8.84. The summed E-state index contributed by atoms with van der Waals surface area (Å²) in [6, 6.07) is 16.0. The highest BCUT2D eigenvalue weighted by Gasteiger charge is 2.59. The molecule has 2 aromatic rings. The molecule has 3 unspecified atom stereocenters. The van der Waals surface area contributed by atoms with Crippen molar-refractivity contribution in [1.82, 2.24) is 4.90 Å². The van der Waals surface area contributed by atoms with Gasteiger partial charge in [-0.25, -0.2) is 4.18 Å². The zero-order chi connectivity index (χ0) is 35.0. The van der Waals surface area contributed by atoms with Crippen molar-refractivity contribution >= 4 is 22.1 Å². The summed E-state index contributed by atoms with van der Waals surface area (Å²) in [4.78, 5) is 18.7. The molecule has 8 nitrogen and oxygen atoms in total. The smallest absolute Gasteiger partial charge is 0.298 e. The SMILES string of the molecule is CCCC=CC(CCCCCCCC)CC(CC)(N1CCOCC1)C(C=O)(OS(=O)(=O)c1ccccc1)c1ccc(N2CCOCC2)cc1. The first-order valence-electron chi connectivity index (χ1n) is 18.8. The van der Waals surface area contributed by atoms with Crippen LogP contribution in [0.4, 0.5) is 5.69 Å². The molecule has 272 valence electrons. The summed E-state index contributed by atoms with van der Waals surface area (Å²) in [7, 11) is -4.36. The fourth-order valence-electron chi connectivity index (χ4n) is 7.62. The molecule has 0 N–H and O–H groups in total. The normalized spacial score (nSPS) is 19.4. The van der Waals surface area contributed by atoms with Crippen LogP contribution in [-0.2, 0) is 34.2 Å². The zero-order valence-corrected chi connectivity index (χ0v) is 31.0. The number of ether oxygens (including phenoxy) is 2. The van der Waals surface area contributed by atoms with Crippen molar-refractivity contribution in [2.45, 2.75) is 107 Å². The van der Waals surface area contributed by atoms with Crippen molar-refractivity contribution in [3.8, 4) is 0 Å². The molecule has 3 atom stereocenters. The van der Waals surface area contributed by atoms with Crippen LogP contribution in [0, 0.1) is 5.92 Å². The van der Waals surface area contributed by atoms with E-state index < -0.39 is 21.3 Å². The van der Waals surface area contributed by atoms with Gasteiger partial charge in [0.15, 0.2) is 11.9 Å². The van der Waals surface area contributed by atoms with E-state index in [1.165, 1.54) is 37.8 Å². The third-order valence-corrected chi connectivity index (χ3v) is 11.7. The Balaban J connectivity index is 1.85. The number of hydrogen-bond acceptors (Lipinski definition) is 8. The molecular formula is C40H60N2O6S. The summed E-state index contributed by atoms with van der Waals surface area (Å²) >= 11 is 0. The third-order valence-electron chi connectivity index (χ3n) is 10.4. The van der Waals surface area contributed by atoms with Gasteiger partial charge in [-0.1, -0.05) is 108 Å². The van der Waals surface area contributed by atoms with E-state index in [0.29, 0.717) is 57.9 Å². The van der Waals surface area contributed by atoms with Gasteiger partial charge >= 0.3 is 0 Å². The van der Waals surface area contributed by atoms with Crippen LogP contribution in [0.1, 0.15) is 97.0 Å². The van der Waals surface area contributed by atoms with Crippen LogP contribution in [0.3, 0.4) is 0 Å². The van der Waals surface area contributed by atoms with Gasteiger partial charge in [0.2, 0.25) is 0 Å². The molecule has 0 radical (unpaired) electrons. The van der Waals surface area contributed by atoms with E-state index in [4.69, 9.17) is 13.7 Å². The number of carbonyl (C=O) groups excluding carboxylic acids is 1. The van der Waals surface area contributed by atoms with E-state index in [-0.39, 0.29) is 10.8 Å². The Morgan fingerprint density at radius 1 is 0.816 bits per heavy atom. The first kappa shape index (κ1) is 39.2. The second-order valence-corrected chi connectivity index (χ2v) is 15.1. The molecule has 9 heteroatoms. The van der Waals surface area contributed by atoms with Crippen molar-refractivity contribution in [2.75, 3.05) is 57.5 Å². The molecular weight excluding hydrogens is 637 g/mol. The Bertz CT molecular complexity index is 1370. The van der Waals surface area contributed by atoms with Crippen LogP contribution >= 0.6 is 0 Å². The van der Waals surface area contributed by atoms with E-state index in [9.17, 15) is 13.2 Å². The number of benzene rings is 2. The highest BCUT2D eigenvalue weighted by atomic mass is 32.2. The number of nitrogens with zero attached hydrogens (tertiary/aromatic N) is 2. The lowest BCUT2D eigenvalue weighted by Crippen LogP contribution is -2.67. The number of rotatable bonds is 21. The highest BCUT2D eigenvalue weighted by Crippen LogP contribution is 2.49. The Morgan fingerprint density at radius 2 is 1.45 bits per heavy atom. The summed E-state index contributed by atoms with van der Waals surface area (Å²) in [6.07, 6.45) is 16.6. The minimum Gasteiger partial charge on any atom is -0.379 e. The van der Waals surface area contributed by atoms with E-state index in [2.05, 4.69) is 42.7 Å². The van der Waals surface area contributed by atoms with Gasteiger partial charge < -0.3 is 14.4 Å². The standard InChI is InChI=1S/C40H60N2O6S/c1-4-7-9-10-11-14-18-35(17-13-8-5-2)33-39(6-3,42-27-31-47-32-28-42)40(34-43,48-49(44,45)38-19-15-12-16-20-38)36-21-23-37(24-22-36)41-25-29-46-30-26-41/h12-13,15-17,19-24,34-35H,4-11,14,18,25-33H2,1-3H3. The number of morpholine rings is 2. The number of aldehydes is 1. The van der Waals surface area contributed by atoms with Gasteiger partial charge in [0.25, 0.3) is 10.1 Å². The molecule has 0 spiro atoms. The van der Waals surface area contributed by atoms with Crippen molar-refractivity contribution in [3.05, 3.63) is 72.3 Å². The van der Waals surface area contributed by atoms with Crippen LogP contribution in [0.5, 0.6) is 0 Å². The van der Waals surface area contributed by atoms with Gasteiger partial charge in [0.1, 0.15) is 0 Å². The van der Waals surface area contributed by atoms with Gasteiger partial charge in [0, 0.05) is 31.9 Å². The molecule has 4 rings (SSSR count). The summed E-state index contributed by atoms with van der Waals surface area (Å²) in [5.41, 5.74) is -1.25. The Kier molecular flexibility index (Phi) is 15.8. The van der Waals surface area contributed by atoms with Crippen LogP contribution in [0.15, 0.2) is 71.6 Å². The van der Waals surface area contributed by atoms with Crippen LogP contribution < -0.4 is 4.90 Å². The van der Waals surface area contributed by atoms with Gasteiger partial charge in [-0.2, -0.15) is 8.42 Å². The van der Waals surface area contributed by atoms with E-state index in [0.717, 1.165) is 57.2 Å². The lowest BCUT2D eigenvalue weighted by atomic mass is 9.67. The number of anilines is 1. The molecule has 0 amide bonds. The summed E-state index contributed by atoms with van der Waals surface area (Å²) in [5.74, 6) is 0.135. The van der Waals surface area contributed by atoms with Crippen LogP contribution in [-0.4, -0.2) is 77.7 Å². The molecule has 0 aromatic heterocycles. The third kappa shape index (κ3) is 10.0. The maximum atomic E-state index is 14.3. The lowest BCUT2D eigenvalue weighted by molar-refractivity contribution is -0.154. The van der Waals surface area contributed by atoms with Gasteiger partial charge in [-0.15, -0.1) is 0 Å². The summed E-state index contributed by atoms with van der Waals surface area (Å²) in [6.45, 7) is 11.5. The maximum Gasteiger partial charge on any atom is 0.298 e. The average molecular weight is 697 g/mol. The molecule has 0 bridgehead atoms. The second kappa shape index (κ2) is 19.7.